The minimum absolute atomic E-state index is 0.637. The number of nitrogens with zero attached hydrogens (tertiary/aromatic N) is 1. The maximum Gasteiger partial charge on any atom is 0.511 e. The summed E-state index contributed by atoms with van der Waals surface area (Å²) < 4.78 is 40.5. The van der Waals surface area contributed by atoms with Crippen molar-refractivity contribution in [3.05, 3.63) is 24.0 Å². The van der Waals surface area contributed by atoms with Crippen LogP contribution in [-0.2, 0) is 6.18 Å². The Labute approximate surface area is 75.9 Å². The molecule has 0 saturated carbocycles. The molecule has 1 aromatic heterocycles. The van der Waals surface area contributed by atoms with Crippen LogP contribution in [0.1, 0.15) is 5.56 Å². The molecule has 7 heteroatoms. The van der Waals surface area contributed by atoms with Crippen molar-refractivity contribution in [2.24, 2.45) is 0 Å². The van der Waals surface area contributed by atoms with E-state index < -0.39 is 23.6 Å². The first-order valence-corrected chi connectivity index (χ1v) is 3.33. The molecule has 0 atom stereocenters. The highest BCUT2D eigenvalue weighted by Crippen LogP contribution is 2.35. The first-order chi connectivity index (χ1) is 6.41. The van der Waals surface area contributed by atoms with Crippen LogP contribution in [0.3, 0.4) is 0 Å². The lowest BCUT2D eigenvalue weighted by Crippen LogP contribution is -2.11. The number of hydrogen-bond donors (Lipinski definition) is 1. The Morgan fingerprint density at radius 3 is 2.64 bits per heavy atom. The fourth-order valence-electron chi connectivity index (χ4n) is 0.790. The van der Waals surface area contributed by atoms with Gasteiger partial charge in [0.25, 0.3) is 0 Å². The van der Waals surface area contributed by atoms with Gasteiger partial charge in [0.2, 0.25) is 0 Å². The van der Waals surface area contributed by atoms with Crippen molar-refractivity contribution in [3.8, 4) is 5.75 Å². The fraction of sp³-hybridized carbons (Fsp3) is 0.143. The largest absolute Gasteiger partial charge is 0.511 e. The van der Waals surface area contributed by atoms with Gasteiger partial charge in [-0.3, -0.25) is 4.98 Å². The number of carboxylic acid groups (broad SMARTS) is 1. The Bertz CT molecular complexity index is 350. The number of aromatic nitrogens is 1. The van der Waals surface area contributed by atoms with Crippen LogP contribution in [0.4, 0.5) is 18.0 Å². The first kappa shape index (κ1) is 10.3. The zero-order valence-corrected chi connectivity index (χ0v) is 6.58. The van der Waals surface area contributed by atoms with Crippen LogP contribution in [0.25, 0.3) is 0 Å². The lowest BCUT2D eigenvalue weighted by molar-refractivity contribution is -0.138. The highest BCUT2D eigenvalue weighted by Gasteiger charge is 2.34. The predicted octanol–water partition coefficient (Wildman–Crippen LogP) is 2.16. The number of rotatable bonds is 1. The number of halogens is 3. The van der Waals surface area contributed by atoms with E-state index in [1.54, 1.807) is 0 Å². The zero-order valence-electron chi connectivity index (χ0n) is 6.58. The Morgan fingerprint density at radius 2 is 2.14 bits per heavy atom. The van der Waals surface area contributed by atoms with E-state index in [4.69, 9.17) is 5.11 Å². The molecular weight excluding hydrogens is 203 g/mol. The fourth-order valence-corrected chi connectivity index (χ4v) is 0.790. The molecule has 0 aliphatic heterocycles. The normalized spacial score (nSPS) is 11.1. The van der Waals surface area contributed by atoms with E-state index in [9.17, 15) is 18.0 Å². The number of carbonyl (C=O) groups is 1. The highest BCUT2D eigenvalue weighted by atomic mass is 19.4. The molecule has 0 saturated heterocycles. The number of ether oxygens (including phenoxy) is 1. The second-order valence-electron chi connectivity index (χ2n) is 2.24. The lowest BCUT2D eigenvalue weighted by Gasteiger charge is -2.09. The van der Waals surface area contributed by atoms with E-state index in [-0.39, 0.29) is 0 Å². The third kappa shape index (κ3) is 2.35. The van der Waals surface area contributed by atoms with Gasteiger partial charge in [-0.15, -0.1) is 0 Å². The van der Waals surface area contributed by atoms with Gasteiger partial charge in [-0.05, 0) is 6.07 Å². The van der Waals surface area contributed by atoms with Crippen molar-refractivity contribution < 1.29 is 27.8 Å². The Morgan fingerprint density at radius 1 is 1.50 bits per heavy atom. The molecule has 4 nitrogen and oxygen atoms in total. The summed E-state index contributed by atoms with van der Waals surface area (Å²) in [6, 6.07) is 0.637. The quantitative estimate of drug-likeness (QED) is 0.716. The van der Waals surface area contributed by atoms with E-state index >= 15 is 0 Å². The topological polar surface area (TPSA) is 59.4 Å². The van der Waals surface area contributed by atoms with Crippen LogP contribution in [0, 0.1) is 0 Å². The van der Waals surface area contributed by atoms with Crippen LogP contribution in [-0.4, -0.2) is 16.2 Å². The molecule has 0 radical (unpaired) electrons. The molecule has 0 fully saturated rings. The molecule has 0 amide bonds. The molecule has 14 heavy (non-hydrogen) atoms. The minimum Gasteiger partial charge on any atom is -0.449 e. The summed E-state index contributed by atoms with van der Waals surface area (Å²) in [6.45, 7) is 0. The minimum atomic E-state index is -4.66. The molecule has 76 valence electrons. The van der Waals surface area contributed by atoms with Gasteiger partial charge in [0, 0.05) is 6.20 Å². The van der Waals surface area contributed by atoms with Crippen LogP contribution in [0.15, 0.2) is 18.5 Å². The molecule has 0 spiro atoms. The molecule has 0 aromatic carbocycles. The van der Waals surface area contributed by atoms with Crippen LogP contribution in [0.5, 0.6) is 5.75 Å². The summed E-state index contributed by atoms with van der Waals surface area (Å²) in [5, 5.41) is 8.14. The molecule has 0 aliphatic carbocycles. The van der Waals surface area contributed by atoms with Crippen molar-refractivity contribution >= 4 is 6.16 Å². The summed E-state index contributed by atoms with van der Waals surface area (Å²) >= 11 is 0. The molecule has 1 N–H and O–H groups in total. The van der Waals surface area contributed by atoms with Gasteiger partial charge in [0.15, 0.2) is 5.75 Å². The van der Waals surface area contributed by atoms with Crippen molar-refractivity contribution in [2.45, 2.75) is 6.18 Å². The number of pyridine rings is 1. The van der Waals surface area contributed by atoms with Crippen LogP contribution in [0.2, 0.25) is 0 Å². The third-order valence-corrected chi connectivity index (χ3v) is 1.29. The molecule has 1 aromatic rings. The second kappa shape index (κ2) is 3.52. The van der Waals surface area contributed by atoms with Gasteiger partial charge in [0.1, 0.15) is 5.56 Å². The third-order valence-electron chi connectivity index (χ3n) is 1.29. The molecule has 0 bridgehead atoms. The van der Waals surface area contributed by atoms with E-state index in [0.717, 1.165) is 6.20 Å². The monoisotopic (exact) mass is 207 g/mol. The Kier molecular flexibility index (Phi) is 2.59. The van der Waals surface area contributed by atoms with Crippen molar-refractivity contribution in [2.75, 3.05) is 0 Å². The van der Waals surface area contributed by atoms with Crippen molar-refractivity contribution in [1.29, 1.82) is 0 Å². The summed E-state index contributed by atoms with van der Waals surface area (Å²) in [5.41, 5.74) is -1.17. The SMILES string of the molecule is O=C(O)Oc1cnccc1C(F)(F)F. The van der Waals surface area contributed by atoms with E-state index in [1.165, 1.54) is 0 Å². The smallest absolute Gasteiger partial charge is 0.449 e. The second-order valence-corrected chi connectivity index (χ2v) is 2.24. The van der Waals surface area contributed by atoms with Crippen LogP contribution < -0.4 is 4.74 Å². The van der Waals surface area contributed by atoms with Gasteiger partial charge in [0.05, 0.1) is 6.20 Å². The number of hydrogen-bond acceptors (Lipinski definition) is 3. The summed E-state index contributed by atoms with van der Waals surface area (Å²) in [7, 11) is 0. The zero-order chi connectivity index (χ0) is 10.8. The maximum absolute atomic E-state index is 12.2. The van der Waals surface area contributed by atoms with Gasteiger partial charge in [-0.25, -0.2) is 4.79 Å². The van der Waals surface area contributed by atoms with Crippen molar-refractivity contribution in [1.82, 2.24) is 4.98 Å². The lowest BCUT2D eigenvalue weighted by atomic mass is 10.2. The Balaban J connectivity index is 3.10. The van der Waals surface area contributed by atoms with Crippen LogP contribution >= 0.6 is 0 Å². The average molecular weight is 207 g/mol. The molecule has 0 aliphatic rings. The molecule has 1 rings (SSSR count). The molecule has 1 heterocycles. The summed E-state index contributed by atoms with van der Waals surface area (Å²) in [4.78, 5) is 13.4. The van der Waals surface area contributed by atoms with Gasteiger partial charge in [-0.1, -0.05) is 0 Å². The highest BCUT2D eigenvalue weighted by molar-refractivity contribution is 5.61. The molecular formula is C7H4F3NO3. The first-order valence-electron chi connectivity index (χ1n) is 3.33. The summed E-state index contributed by atoms with van der Waals surface area (Å²) in [5.74, 6) is -0.826. The van der Waals surface area contributed by atoms with Gasteiger partial charge in [-0.2, -0.15) is 13.2 Å². The van der Waals surface area contributed by atoms with Crippen molar-refractivity contribution in [3.63, 3.8) is 0 Å². The van der Waals surface area contributed by atoms with E-state index in [2.05, 4.69) is 9.72 Å². The maximum atomic E-state index is 12.2. The molecule has 0 unspecified atom stereocenters. The van der Waals surface area contributed by atoms with E-state index in [1.807, 2.05) is 0 Å². The predicted molar refractivity (Wildman–Crippen MR) is 37.9 cm³/mol. The standard InChI is InChI=1S/C7H4F3NO3/c8-7(9,10)4-1-2-11-3-5(4)14-6(12)13/h1-3H,(H,12,13). The summed E-state index contributed by atoms with van der Waals surface area (Å²) in [6.07, 6.45) is -4.88. The Hall–Kier alpha value is -1.79. The van der Waals surface area contributed by atoms with Gasteiger partial charge < -0.3 is 9.84 Å². The average Bonchev–Trinajstić information content (AvgIpc) is 2.01. The van der Waals surface area contributed by atoms with Gasteiger partial charge >= 0.3 is 12.3 Å². The number of alkyl halides is 3. The van der Waals surface area contributed by atoms with E-state index in [0.29, 0.717) is 12.3 Å².